The first kappa shape index (κ1) is 16.1. The van der Waals surface area contributed by atoms with E-state index in [1.807, 2.05) is 44.2 Å². The molecule has 1 aromatic rings. The fraction of sp³-hybridized carbons (Fsp3) is 0.429. The van der Waals surface area contributed by atoms with Crippen LogP contribution in [0.1, 0.15) is 19.4 Å². The first-order valence-electron chi connectivity index (χ1n) is 6.28. The second kappa shape index (κ2) is 9.04. The molecule has 0 aliphatic carbocycles. The summed E-state index contributed by atoms with van der Waals surface area (Å²) in [6.45, 7) is 3.91. The maximum absolute atomic E-state index is 11.9. The Bertz CT molecular complexity index is 409. The molecule has 19 heavy (non-hydrogen) atoms. The number of rotatable bonds is 7. The van der Waals surface area contributed by atoms with Crippen LogP contribution in [0, 0.1) is 0 Å². The molecule has 1 amide bonds. The van der Waals surface area contributed by atoms with Crippen LogP contribution in [0.5, 0.6) is 0 Å². The van der Waals surface area contributed by atoms with E-state index in [0.717, 1.165) is 17.1 Å². The van der Waals surface area contributed by atoms with Crippen molar-refractivity contribution in [3.05, 3.63) is 35.9 Å². The lowest BCUT2D eigenvalue weighted by atomic mass is 10.1. The first-order chi connectivity index (χ1) is 9.17. The molecular formula is C14H19NO2S2. The Kier molecular flexibility index (Phi) is 7.67. The molecular weight excluding hydrogens is 278 g/mol. The minimum absolute atomic E-state index is 0.0239. The third kappa shape index (κ3) is 6.16. The van der Waals surface area contributed by atoms with E-state index in [9.17, 15) is 9.59 Å². The average molecular weight is 297 g/mol. The molecule has 1 unspecified atom stereocenters. The number of hydrogen-bond acceptors (Lipinski definition) is 4. The number of carbonyl (C=O) groups excluding carboxylic acids is 2. The van der Waals surface area contributed by atoms with Crippen molar-refractivity contribution in [1.29, 1.82) is 0 Å². The van der Waals surface area contributed by atoms with Crippen molar-refractivity contribution in [3.8, 4) is 0 Å². The van der Waals surface area contributed by atoms with E-state index in [1.54, 1.807) is 0 Å². The number of carbonyl (C=O) groups is 2. The van der Waals surface area contributed by atoms with Crippen LogP contribution < -0.4 is 5.32 Å². The molecule has 104 valence electrons. The average Bonchev–Trinajstić information content (AvgIpc) is 2.39. The number of amides is 1. The fourth-order valence-electron chi connectivity index (χ4n) is 1.53. The Morgan fingerprint density at radius 2 is 1.84 bits per heavy atom. The highest BCUT2D eigenvalue weighted by molar-refractivity contribution is 8.16. The molecule has 0 spiro atoms. The predicted molar refractivity (Wildman–Crippen MR) is 83.3 cm³/mol. The topological polar surface area (TPSA) is 46.2 Å². The lowest BCUT2D eigenvalue weighted by Gasteiger charge is -2.15. The van der Waals surface area contributed by atoms with Gasteiger partial charge in [0, 0.05) is 0 Å². The van der Waals surface area contributed by atoms with Crippen LogP contribution in [0.2, 0.25) is 0 Å². The monoisotopic (exact) mass is 297 g/mol. The second-order valence-electron chi connectivity index (χ2n) is 3.82. The summed E-state index contributed by atoms with van der Waals surface area (Å²) in [5.41, 5.74) is 0.954. The van der Waals surface area contributed by atoms with Crippen LogP contribution >= 0.6 is 23.5 Å². The van der Waals surface area contributed by atoms with E-state index in [0.29, 0.717) is 6.42 Å². The molecule has 0 fully saturated rings. The van der Waals surface area contributed by atoms with Crippen molar-refractivity contribution < 1.29 is 9.59 Å². The van der Waals surface area contributed by atoms with Crippen molar-refractivity contribution in [2.45, 2.75) is 25.6 Å². The van der Waals surface area contributed by atoms with Crippen molar-refractivity contribution in [2.75, 3.05) is 11.5 Å². The van der Waals surface area contributed by atoms with E-state index in [-0.39, 0.29) is 11.0 Å². The zero-order valence-electron chi connectivity index (χ0n) is 11.2. The SMILES string of the molecule is CCSC(=O)C(NC(=O)Cc1ccccc1)SCC. The molecule has 5 heteroatoms. The van der Waals surface area contributed by atoms with Gasteiger partial charge in [0.1, 0.15) is 5.37 Å². The van der Waals surface area contributed by atoms with Crippen LogP contribution in [-0.2, 0) is 16.0 Å². The summed E-state index contributed by atoms with van der Waals surface area (Å²) in [6.07, 6.45) is 0.311. The summed E-state index contributed by atoms with van der Waals surface area (Å²) in [4.78, 5) is 23.8. The standard InChI is InChI=1S/C14H19NO2S2/c1-3-18-13(14(17)19-4-2)15-12(16)10-11-8-6-5-7-9-11/h5-9,13H,3-4,10H2,1-2H3,(H,15,16). The summed E-state index contributed by atoms with van der Waals surface area (Å²) in [6, 6.07) is 9.53. The predicted octanol–water partition coefficient (Wildman–Crippen LogP) is 2.70. The molecule has 0 aliphatic rings. The Balaban J connectivity index is 2.54. The fourth-order valence-corrected chi connectivity index (χ4v) is 3.12. The van der Waals surface area contributed by atoms with Gasteiger partial charge < -0.3 is 5.32 Å². The van der Waals surface area contributed by atoms with E-state index in [4.69, 9.17) is 0 Å². The summed E-state index contributed by atoms with van der Waals surface area (Å²) in [5, 5.41) is 2.39. The zero-order chi connectivity index (χ0) is 14.1. The van der Waals surface area contributed by atoms with Crippen molar-refractivity contribution in [1.82, 2.24) is 5.32 Å². The van der Waals surface area contributed by atoms with E-state index >= 15 is 0 Å². The summed E-state index contributed by atoms with van der Waals surface area (Å²) in [5.74, 6) is 1.42. The molecule has 1 atom stereocenters. The third-order valence-electron chi connectivity index (χ3n) is 2.33. The number of benzene rings is 1. The van der Waals surface area contributed by atoms with Crippen LogP contribution in [0.4, 0.5) is 0 Å². The quantitative estimate of drug-likeness (QED) is 0.786. The number of hydrogen-bond donors (Lipinski definition) is 1. The van der Waals surface area contributed by atoms with Crippen molar-refractivity contribution >= 4 is 34.5 Å². The highest BCUT2D eigenvalue weighted by atomic mass is 32.2. The van der Waals surface area contributed by atoms with Gasteiger partial charge in [-0.2, -0.15) is 0 Å². The van der Waals surface area contributed by atoms with Gasteiger partial charge in [-0.1, -0.05) is 55.9 Å². The van der Waals surface area contributed by atoms with Crippen LogP contribution in [-0.4, -0.2) is 27.9 Å². The van der Waals surface area contributed by atoms with Gasteiger partial charge in [0.2, 0.25) is 11.0 Å². The Morgan fingerprint density at radius 3 is 2.42 bits per heavy atom. The molecule has 3 nitrogen and oxygen atoms in total. The molecule has 0 aromatic heterocycles. The van der Waals surface area contributed by atoms with Gasteiger partial charge in [-0.05, 0) is 17.1 Å². The highest BCUT2D eigenvalue weighted by Gasteiger charge is 2.20. The first-order valence-corrected chi connectivity index (χ1v) is 8.32. The largest absolute Gasteiger partial charge is 0.337 e. The van der Waals surface area contributed by atoms with Gasteiger partial charge in [-0.3, -0.25) is 9.59 Å². The van der Waals surface area contributed by atoms with E-state index in [1.165, 1.54) is 23.5 Å². The highest BCUT2D eigenvalue weighted by Crippen LogP contribution is 2.16. The smallest absolute Gasteiger partial charge is 0.225 e. The zero-order valence-corrected chi connectivity index (χ0v) is 12.9. The minimum Gasteiger partial charge on any atom is -0.337 e. The third-order valence-corrected chi connectivity index (χ3v) is 4.29. The van der Waals surface area contributed by atoms with Gasteiger partial charge in [-0.15, -0.1) is 11.8 Å². The lowest BCUT2D eigenvalue weighted by Crippen LogP contribution is -2.38. The molecule has 0 saturated carbocycles. The maximum Gasteiger partial charge on any atom is 0.225 e. The van der Waals surface area contributed by atoms with E-state index < -0.39 is 5.37 Å². The number of thioether (sulfide) groups is 2. The minimum atomic E-state index is -0.439. The van der Waals surface area contributed by atoms with Gasteiger partial charge in [-0.25, -0.2) is 0 Å². The van der Waals surface area contributed by atoms with Gasteiger partial charge in [0.05, 0.1) is 6.42 Å². The molecule has 0 bridgehead atoms. The van der Waals surface area contributed by atoms with Gasteiger partial charge >= 0.3 is 0 Å². The molecule has 0 heterocycles. The normalized spacial score (nSPS) is 11.9. The van der Waals surface area contributed by atoms with Crippen LogP contribution in [0.15, 0.2) is 30.3 Å². The summed E-state index contributed by atoms with van der Waals surface area (Å²) < 4.78 is 0. The molecule has 1 N–H and O–H groups in total. The molecule has 0 saturated heterocycles. The maximum atomic E-state index is 11.9. The molecule has 0 radical (unpaired) electrons. The second-order valence-corrected chi connectivity index (χ2v) is 6.47. The Hall–Kier alpha value is -0.940. The van der Waals surface area contributed by atoms with Crippen molar-refractivity contribution in [3.63, 3.8) is 0 Å². The van der Waals surface area contributed by atoms with Gasteiger partial charge in [0.25, 0.3) is 0 Å². The van der Waals surface area contributed by atoms with Crippen LogP contribution in [0.25, 0.3) is 0 Å². The Morgan fingerprint density at radius 1 is 1.16 bits per heavy atom. The van der Waals surface area contributed by atoms with Crippen LogP contribution in [0.3, 0.4) is 0 Å². The van der Waals surface area contributed by atoms with Crippen molar-refractivity contribution in [2.24, 2.45) is 0 Å². The molecule has 1 rings (SSSR count). The Labute approximate surface area is 122 Å². The molecule has 1 aromatic carbocycles. The summed E-state index contributed by atoms with van der Waals surface area (Å²) in [7, 11) is 0. The van der Waals surface area contributed by atoms with E-state index in [2.05, 4.69) is 5.32 Å². The van der Waals surface area contributed by atoms with Gasteiger partial charge in [0.15, 0.2) is 0 Å². The lowest BCUT2D eigenvalue weighted by molar-refractivity contribution is -0.122. The summed E-state index contributed by atoms with van der Waals surface area (Å²) >= 11 is 2.71. The number of nitrogens with one attached hydrogen (secondary N) is 1. The molecule has 0 aliphatic heterocycles.